The molecule has 1 aromatic carbocycles. The van der Waals surface area contributed by atoms with E-state index >= 15 is 0 Å². The van der Waals surface area contributed by atoms with Gasteiger partial charge in [-0.1, -0.05) is 30.3 Å². The van der Waals surface area contributed by atoms with E-state index in [2.05, 4.69) is 5.32 Å². The number of nitrogens with zero attached hydrogens (tertiary/aromatic N) is 1. The minimum Gasteiger partial charge on any atom is -0.477 e. The van der Waals surface area contributed by atoms with E-state index < -0.39 is 35.2 Å². The lowest BCUT2D eigenvalue weighted by atomic mass is 10.0. The number of carboxylic acid groups (broad SMARTS) is 1. The molecule has 25 heavy (non-hydrogen) atoms. The van der Waals surface area contributed by atoms with Gasteiger partial charge in [0.05, 0.1) is 0 Å². The van der Waals surface area contributed by atoms with Gasteiger partial charge in [-0.05, 0) is 18.1 Å². The number of benzene rings is 1. The Labute approximate surface area is 148 Å². The second-order valence-electron chi connectivity index (χ2n) is 5.72. The molecule has 0 aliphatic carbocycles. The third-order valence-corrected chi connectivity index (χ3v) is 5.52. The number of nitrogens with one attached hydrogen (secondary N) is 1. The van der Waals surface area contributed by atoms with Crippen molar-refractivity contribution in [3.63, 3.8) is 0 Å². The highest BCUT2D eigenvalue weighted by molar-refractivity contribution is 8.00. The molecule has 3 rings (SSSR count). The van der Waals surface area contributed by atoms with Gasteiger partial charge in [0.25, 0.3) is 5.91 Å². The molecular weight excluding hydrogens is 346 g/mol. The molecule has 0 spiro atoms. The average Bonchev–Trinajstić information content (AvgIpc) is 2.59. The zero-order valence-electron chi connectivity index (χ0n) is 13.4. The van der Waals surface area contributed by atoms with Gasteiger partial charge in [-0.25, -0.2) is 4.79 Å². The predicted molar refractivity (Wildman–Crippen MR) is 92.3 cm³/mol. The van der Waals surface area contributed by atoms with Crippen molar-refractivity contribution in [2.75, 3.05) is 5.75 Å². The topological polar surface area (TPSA) is 144 Å². The molecule has 2 aliphatic rings. The van der Waals surface area contributed by atoms with Crippen LogP contribution in [0.3, 0.4) is 0 Å². The van der Waals surface area contributed by atoms with E-state index in [9.17, 15) is 19.5 Å². The quantitative estimate of drug-likeness (QED) is 0.620. The van der Waals surface area contributed by atoms with Crippen LogP contribution in [-0.4, -0.2) is 50.4 Å². The summed E-state index contributed by atoms with van der Waals surface area (Å²) in [7, 11) is 0. The molecule has 0 radical (unpaired) electrons. The second-order valence-corrected chi connectivity index (χ2v) is 6.82. The van der Waals surface area contributed by atoms with E-state index in [4.69, 9.17) is 5.73 Å². The molecule has 2 amide bonds. The van der Waals surface area contributed by atoms with Gasteiger partial charge in [0.2, 0.25) is 5.91 Å². The largest absolute Gasteiger partial charge is 0.477 e. The maximum atomic E-state index is 12.3. The highest BCUT2D eigenvalue weighted by Crippen LogP contribution is 2.40. The number of rotatable bonds is 4. The number of nitrogens with two attached hydrogens (primary N) is 1. The molecule has 134 valence electrons. The summed E-state index contributed by atoms with van der Waals surface area (Å²) in [6.45, 7) is 1.69. The zero-order valence-corrected chi connectivity index (χ0v) is 14.2. The summed E-state index contributed by atoms with van der Waals surface area (Å²) in [5.74, 6) is -1.50. The zero-order chi connectivity index (χ0) is 17.4. The molecule has 0 aromatic heterocycles. The second kappa shape index (κ2) is 7.26. The van der Waals surface area contributed by atoms with Gasteiger partial charge in [0, 0.05) is 5.75 Å². The normalized spacial score (nSPS) is 23.1. The molecule has 2 aliphatic heterocycles. The Hall–Kier alpha value is -2.36. The summed E-state index contributed by atoms with van der Waals surface area (Å²) in [4.78, 5) is 37.2. The first-order valence-corrected chi connectivity index (χ1v) is 8.45. The summed E-state index contributed by atoms with van der Waals surface area (Å²) in [5.41, 5.74) is 7.24. The van der Waals surface area contributed by atoms with E-state index in [1.807, 2.05) is 6.07 Å². The van der Waals surface area contributed by atoms with Crippen molar-refractivity contribution in [2.24, 2.45) is 5.73 Å². The third-order valence-electron chi connectivity index (χ3n) is 4.10. The summed E-state index contributed by atoms with van der Waals surface area (Å²) in [5, 5.41) is 11.5. The fourth-order valence-electron chi connectivity index (χ4n) is 2.83. The van der Waals surface area contributed by atoms with Crippen molar-refractivity contribution < 1.29 is 25.0 Å². The van der Waals surface area contributed by atoms with Crippen LogP contribution in [0.25, 0.3) is 0 Å². The minimum atomic E-state index is -1.13. The lowest BCUT2D eigenvalue weighted by Gasteiger charge is -2.49. The van der Waals surface area contributed by atoms with Gasteiger partial charge in [-0.2, -0.15) is 0 Å². The fourth-order valence-corrected chi connectivity index (χ4v) is 4.12. The van der Waals surface area contributed by atoms with Crippen LogP contribution < -0.4 is 11.1 Å². The number of hydrogen-bond donors (Lipinski definition) is 3. The molecule has 0 bridgehead atoms. The van der Waals surface area contributed by atoms with E-state index in [0.717, 1.165) is 0 Å². The summed E-state index contributed by atoms with van der Waals surface area (Å²) in [6, 6.07) is 7.23. The Morgan fingerprint density at radius 3 is 2.60 bits per heavy atom. The number of amides is 2. The van der Waals surface area contributed by atoms with Crippen molar-refractivity contribution in [3.8, 4) is 0 Å². The number of aliphatic carboxylic acids is 1. The first-order chi connectivity index (χ1) is 11.4. The molecule has 2 heterocycles. The van der Waals surface area contributed by atoms with Gasteiger partial charge >= 0.3 is 5.97 Å². The van der Waals surface area contributed by atoms with Gasteiger partial charge in [-0.15, -0.1) is 11.8 Å². The lowest BCUT2D eigenvalue weighted by molar-refractivity contribution is -0.150. The number of thioether (sulfide) groups is 1. The molecule has 9 heteroatoms. The first kappa shape index (κ1) is 19.0. The number of carbonyl (C=O) groups is 3. The highest BCUT2D eigenvalue weighted by atomic mass is 32.2. The number of carbonyl (C=O) groups excluding carboxylic acids is 2. The van der Waals surface area contributed by atoms with Crippen molar-refractivity contribution in [1.29, 1.82) is 0 Å². The molecule has 1 fully saturated rings. The van der Waals surface area contributed by atoms with Crippen LogP contribution in [0.1, 0.15) is 18.5 Å². The summed E-state index contributed by atoms with van der Waals surface area (Å²) >= 11 is 1.43. The Kier molecular flexibility index (Phi) is 5.51. The Bertz CT molecular complexity index is 737. The highest BCUT2D eigenvalue weighted by Gasteiger charge is 2.53. The van der Waals surface area contributed by atoms with E-state index in [1.54, 1.807) is 31.2 Å². The number of β-lactam (4-membered cyclic amide) rings is 1. The molecule has 1 aromatic rings. The lowest BCUT2D eigenvalue weighted by Crippen LogP contribution is -2.71. The monoisotopic (exact) mass is 365 g/mol. The van der Waals surface area contributed by atoms with Gasteiger partial charge in [0.1, 0.15) is 23.2 Å². The van der Waals surface area contributed by atoms with Crippen molar-refractivity contribution in [2.45, 2.75) is 24.4 Å². The van der Waals surface area contributed by atoms with Crippen LogP contribution >= 0.6 is 11.8 Å². The third kappa shape index (κ3) is 3.26. The molecule has 0 saturated carbocycles. The maximum Gasteiger partial charge on any atom is 0.352 e. The number of carboxylic acids is 1. The predicted octanol–water partition coefficient (Wildman–Crippen LogP) is -0.380. The summed E-state index contributed by atoms with van der Waals surface area (Å²) in [6.07, 6.45) is 0. The van der Waals surface area contributed by atoms with E-state index in [-0.39, 0.29) is 11.2 Å². The molecular formula is C16H19N3O5S. The average molecular weight is 365 g/mol. The van der Waals surface area contributed by atoms with E-state index in [1.165, 1.54) is 16.7 Å². The SMILES string of the molecule is CC1=C(C(=O)O)N2C(=O)C(NC(=O)C(N)c3ccccc3)[C@H]2SC1.O. The summed E-state index contributed by atoms with van der Waals surface area (Å²) < 4.78 is 0. The Balaban J connectivity index is 0.00000225. The number of fused-ring (bicyclic) bond motifs is 1. The fraction of sp³-hybridized carbons (Fsp3) is 0.312. The number of hydrogen-bond acceptors (Lipinski definition) is 5. The maximum absolute atomic E-state index is 12.3. The van der Waals surface area contributed by atoms with Crippen LogP contribution in [0.4, 0.5) is 0 Å². The molecule has 2 unspecified atom stereocenters. The Morgan fingerprint density at radius 2 is 2.00 bits per heavy atom. The van der Waals surface area contributed by atoms with E-state index in [0.29, 0.717) is 16.9 Å². The smallest absolute Gasteiger partial charge is 0.352 e. The Morgan fingerprint density at radius 1 is 1.36 bits per heavy atom. The molecule has 1 saturated heterocycles. The van der Waals surface area contributed by atoms with Crippen LogP contribution in [0.5, 0.6) is 0 Å². The van der Waals surface area contributed by atoms with Gasteiger partial charge < -0.3 is 21.6 Å². The molecule has 6 N–H and O–H groups in total. The van der Waals surface area contributed by atoms with Crippen LogP contribution in [-0.2, 0) is 14.4 Å². The first-order valence-electron chi connectivity index (χ1n) is 7.40. The van der Waals surface area contributed by atoms with Crippen LogP contribution in [0.15, 0.2) is 41.6 Å². The minimum absolute atomic E-state index is 0. The van der Waals surface area contributed by atoms with Crippen molar-refractivity contribution in [3.05, 3.63) is 47.2 Å². The van der Waals surface area contributed by atoms with Crippen LogP contribution in [0.2, 0.25) is 0 Å². The van der Waals surface area contributed by atoms with Crippen LogP contribution in [0, 0.1) is 0 Å². The van der Waals surface area contributed by atoms with Gasteiger partial charge in [0.15, 0.2) is 0 Å². The van der Waals surface area contributed by atoms with Crippen molar-refractivity contribution >= 4 is 29.5 Å². The standard InChI is InChI=1S/C16H17N3O4S.H2O/c1-8-7-24-15-11(14(21)19(15)12(8)16(22)23)18-13(20)10(17)9-5-3-2-4-6-9;/h2-6,10-11,15H,7,17H2,1H3,(H,18,20)(H,22,23);1H2/t10?,11?,15-;/m1./s1. The van der Waals surface area contributed by atoms with Gasteiger partial charge in [-0.3, -0.25) is 14.5 Å². The molecule has 8 nitrogen and oxygen atoms in total. The molecule has 3 atom stereocenters. The van der Waals surface area contributed by atoms with Crippen molar-refractivity contribution in [1.82, 2.24) is 10.2 Å².